The van der Waals surface area contributed by atoms with Crippen molar-refractivity contribution in [2.24, 2.45) is 5.73 Å². The Kier molecular flexibility index (Phi) is 5.57. The third-order valence-electron chi connectivity index (χ3n) is 4.11. The number of ether oxygens (including phenoxy) is 2. The van der Waals surface area contributed by atoms with E-state index in [1.807, 2.05) is 12.1 Å². The Balaban J connectivity index is 2.46. The van der Waals surface area contributed by atoms with Crippen LogP contribution >= 0.6 is 0 Å². The molecule has 0 saturated heterocycles. The molecule has 5 nitrogen and oxygen atoms in total. The smallest absolute Gasteiger partial charge is 0.185 e. The van der Waals surface area contributed by atoms with Gasteiger partial charge in [-0.1, -0.05) is 45.0 Å². The van der Waals surface area contributed by atoms with Gasteiger partial charge in [-0.3, -0.25) is 5.41 Å². The highest BCUT2D eigenvalue weighted by Crippen LogP contribution is 2.37. The average molecular weight is 341 g/mol. The standard InChI is InChI=1S/C20H27N3O2/c1-20(2,3)16-8-6-13(7-9-16)14-10-15(12-23-19(21)22)18(25-5)17(11-14)24-4/h6-11H,12H2,1-5H3,(H4,21,22,23). The van der Waals surface area contributed by atoms with Crippen LogP contribution < -0.4 is 20.5 Å². The Hall–Kier alpha value is -2.69. The summed E-state index contributed by atoms with van der Waals surface area (Å²) in [6.45, 7) is 6.99. The number of hydrogen-bond acceptors (Lipinski definition) is 3. The monoisotopic (exact) mass is 341 g/mol. The number of rotatable bonds is 5. The van der Waals surface area contributed by atoms with Crippen LogP contribution in [0.2, 0.25) is 0 Å². The third-order valence-corrected chi connectivity index (χ3v) is 4.11. The van der Waals surface area contributed by atoms with Gasteiger partial charge in [-0.2, -0.15) is 0 Å². The van der Waals surface area contributed by atoms with E-state index < -0.39 is 0 Å². The molecule has 0 radical (unpaired) electrons. The summed E-state index contributed by atoms with van der Waals surface area (Å²) in [6, 6.07) is 12.5. The van der Waals surface area contributed by atoms with Gasteiger partial charge in [0, 0.05) is 12.1 Å². The summed E-state index contributed by atoms with van der Waals surface area (Å²) in [7, 11) is 3.22. The summed E-state index contributed by atoms with van der Waals surface area (Å²) in [5.74, 6) is 1.22. The van der Waals surface area contributed by atoms with Crippen molar-refractivity contribution in [3.63, 3.8) is 0 Å². The lowest BCUT2D eigenvalue weighted by Crippen LogP contribution is -2.29. The summed E-state index contributed by atoms with van der Waals surface area (Å²) in [4.78, 5) is 0. The van der Waals surface area contributed by atoms with Crippen LogP contribution in [0, 0.1) is 5.41 Å². The summed E-state index contributed by atoms with van der Waals surface area (Å²) in [6.07, 6.45) is 0. The van der Waals surface area contributed by atoms with Crippen LogP contribution in [-0.2, 0) is 12.0 Å². The minimum atomic E-state index is -0.0825. The number of hydrogen-bond donors (Lipinski definition) is 3. The molecule has 0 aliphatic heterocycles. The van der Waals surface area contributed by atoms with Crippen LogP contribution in [0.25, 0.3) is 11.1 Å². The fourth-order valence-electron chi connectivity index (χ4n) is 2.69. The quantitative estimate of drug-likeness (QED) is 0.573. The zero-order valence-corrected chi connectivity index (χ0v) is 15.6. The molecule has 0 bridgehead atoms. The van der Waals surface area contributed by atoms with Crippen molar-refractivity contribution in [2.75, 3.05) is 14.2 Å². The summed E-state index contributed by atoms with van der Waals surface area (Å²) >= 11 is 0. The fourth-order valence-corrected chi connectivity index (χ4v) is 2.69. The maximum Gasteiger partial charge on any atom is 0.185 e. The van der Waals surface area contributed by atoms with E-state index in [4.69, 9.17) is 20.6 Å². The number of guanidine groups is 1. The van der Waals surface area contributed by atoms with Crippen LogP contribution in [0.15, 0.2) is 36.4 Å². The van der Waals surface area contributed by atoms with Crippen LogP contribution in [0.1, 0.15) is 31.9 Å². The lowest BCUT2D eigenvalue weighted by molar-refractivity contribution is 0.351. The number of nitrogens with two attached hydrogens (primary N) is 1. The van der Waals surface area contributed by atoms with E-state index in [1.54, 1.807) is 14.2 Å². The normalized spacial score (nSPS) is 11.1. The van der Waals surface area contributed by atoms with E-state index >= 15 is 0 Å². The molecule has 0 spiro atoms. The van der Waals surface area contributed by atoms with Gasteiger partial charge >= 0.3 is 0 Å². The van der Waals surface area contributed by atoms with Crippen LogP contribution in [0.4, 0.5) is 0 Å². The molecule has 4 N–H and O–H groups in total. The minimum Gasteiger partial charge on any atom is -0.493 e. The fraction of sp³-hybridized carbons (Fsp3) is 0.350. The van der Waals surface area contributed by atoms with E-state index in [0.717, 1.165) is 16.7 Å². The molecule has 25 heavy (non-hydrogen) atoms. The molecule has 134 valence electrons. The van der Waals surface area contributed by atoms with Gasteiger partial charge in [0.2, 0.25) is 0 Å². The SMILES string of the molecule is COc1cc(-c2ccc(C(C)(C)C)cc2)cc(CNC(=N)N)c1OC. The maximum absolute atomic E-state index is 7.36. The molecule has 0 fully saturated rings. The molecule has 0 heterocycles. The summed E-state index contributed by atoms with van der Waals surface area (Å²) < 4.78 is 11.0. The van der Waals surface area contributed by atoms with E-state index in [0.29, 0.717) is 18.0 Å². The molecular formula is C20H27N3O2. The van der Waals surface area contributed by atoms with Gasteiger partial charge in [0.05, 0.1) is 14.2 Å². The van der Waals surface area contributed by atoms with Crippen LogP contribution in [0.3, 0.4) is 0 Å². The Morgan fingerprint density at radius 3 is 2.16 bits per heavy atom. The first-order valence-electron chi connectivity index (χ1n) is 8.20. The van der Waals surface area contributed by atoms with Crippen molar-refractivity contribution in [1.82, 2.24) is 5.32 Å². The van der Waals surface area contributed by atoms with Crippen LogP contribution in [0.5, 0.6) is 11.5 Å². The van der Waals surface area contributed by atoms with Crippen molar-refractivity contribution in [3.8, 4) is 22.6 Å². The second-order valence-electron chi connectivity index (χ2n) is 6.97. The molecule has 2 rings (SSSR count). The molecular weight excluding hydrogens is 314 g/mol. The zero-order valence-electron chi connectivity index (χ0n) is 15.6. The largest absolute Gasteiger partial charge is 0.493 e. The molecule has 0 saturated carbocycles. The third kappa shape index (κ3) is 4.44. The van der Waals surface area contributed by atoms with E-state index in [2.05, 4.69) is 50.4 Å². The van der Waals surface area contributed by atoms with Gasteiger partial charge in [-0.15, -0.1) is 0 Å². The first-order valence-corrected chi connectivity index (χ1v) is 8.20. The average Bonchev–Trinajstić information content (AvgIpc) is 2.58. The lowest BCUT2D eigenvalue weighted by Gasteiger charge is -2.20. The molecule has 0 amide bonds. The Morgan fingerprint density at radius 1 is 1.04 bits per heavy atom. The van der Waals surface area contributed by atoms with Gasteiger partial charge in [0.15, 0.2) is 17.5 Å². The molecule has 2 aromatic carbocycles. The Morgan fingerprint density at radius 2 is 1.68 bits per heavy atom. The van der Waals surface area contributed by atoms with Crippen LogP contribution in [-0.4, -0.2) is 20.2 Å². The number of benzene rings is 2. The predicted molar refractivity (Wildman–Crippen MR) is 102 cm³/mol. The zero-order chi connectivity index (χ0) is 18.6. The second-order valence-corrected chi connectivity index (χ2v) is 6.97. The van der Waals surface area contributed by atoms with Gasteiger partial charge in [0.1, 0.15) is 0 Å². The van der Waals surface area contributed by atoms with Crippen molar-refractivity contribution in [3.05, 3.63) is 47.5 Å². The molecule has 0 atom stereocenters. The summed E-state index contributed by atoms with van der Waals surface area (Å²) in [5, 5.41) is 10.2. The second kappa shape index (κ2) is 7.47. The highest BCUT2D eigenvalue weighted by molar-refractivity contribution is 5.75. The lowest BCUT2D eigenvalue weighted by atomic mass is 9.86. The van der Waals surface area contributed by atoms with Crippen molar-refractivity contribution in [2.45, 2.75) is 32.7 Å². The highest BCUT2D eigenvalue weighted by atomic mass is 16.5. The van der Waals surface area contributed by atoms with Gasteiger partial charge in [-0.05, 0) is 34.2 Å². The topological polar surface area (TPSA) is 80.4 Å². The van der Waals surface area contributed by atoms with E-state index in [9.17, 15) is 0 Å². The van der Waals surface area contributed by atoms with Gasteiger partial charge in [-0.25, -0.2) is 0 Å². The number of methoxy groups -OCH3 is 2. The van der Waals surface area contributed by atoms with Gasteiger partial charge in [0.25, 0.3) is 0 Å². The van der Waals surface area contributed by atoms with E-state index in [-0.39, 0.29) is 11.4 Å². The Bertz CT molecular complexity index is 747. The van der Waals surface area contributed by atoms with Gasteiger partial charge < -0.3 is 20.5 Å². The molecule has 0 unspecified atom stereocenters. The Labute approximate surface area is 149 Å². The highest BCUT2D eigenvalue weighted by Gasteiger charge is 2.16. The van der Waals surface area contributed by atoms with Crippen molar-refractivity contribution >= 4 is 5.96 Å². The number of nitrogens with one attached hydrogen (secondary N) is 2. The van der Waals surface area contributed by atoms with Crippen molar-refractivity contribution < 1.29 is 9.47 Å². The molecule has 0 aliphatic rings. The predicted octanol–water partition coefficient (Wildman–Crippen LogP) is 3.65. The summed E-state index contributed by atoms with van der Waals surface area (Å²) in [5.41, 5.74) is 9.82. The molecule has 0 aromatic heterocycles. The van der Waals surface area contributed by atoms with E-state index in [1.165, 1.54) is 5.56 Å². The molecule has 0 aliphatic carbocycles. The molecule has 5 heteroatoms. The maximum atomic E-state index is 7.36. The molecule has 2 aromatic rings. The first kappa shape index (κ1) is 18.6. The first-order chi connectivity index (χ1) is 11.8. The minimum absolute atomic E-state index is 0.0825. The van der Waals surface area contributed by atoms with Crippen molar-refractivity contribution in [1.29, 1.82) is 5.41 Å².